The summed E-state index contributed by atoms with van der Waals surface area (Å²) in [5.41, 5.74) is 0.836. The second-order valence-electron chi connectivity index (χ2n) is 3.89. The van der Waals surface area contributed by atoms with Crippen molar-refractivity contribution in [2.75, 3.05) is 18.1 Å². The minimum atomic E-state index is 0.0388. The van der Waals surface area contributed by atoms with Crippen LogP contribution in [0, 0.1) is 0 Å². The van der Waals surface area contributed by atoms with Gasteiger partial charge in [-0.25, -0.2) is 0 Å². The number of fused-ring (bicyclic) bond motifs is 1. The third-order valence-corrected chi connectivity index (χ3v) is 4.11. The lowest BCUT2D eigenvalue weighted by Gasteiger charge is -2.29. The molecule has 0 unspecified atom stereocenters. The van der Waals surface area contributed by atoms with E-state index >= 15 is 0 Å². The Morgan fingerprint density at radius 3 is 3.06 bits per heavy atom. The standard InChI is InChI=1S/C13H10BrNO2S/c14-9-3-4-10-11(8-9)17-6-5-15(10)13(16)12-2-1-7-18-12/h1-4,7-8H,5-6H2. The van der Waals surface area contributed by atoms with Crippen molar-refractivity contribution >= 4 is 38.9 Å². The third kappa shape index (κ3) is 2.04. The van der Waals surface area contributed by atoms with Crippen LogP contribution in [0.25, 0.3) is 0 Å². The molecule has 0 atom stereocenters. The average molecular weight is 324 g/mol. The van der Waals surface area contributed by atoms with Crippen LogP contribution < -0.4 is 9.64 Å². The van der Waals surface area contributed by atoms with Crippen molar-refractivity contribution in [3.63, 3.8) is 0 Å². The van der Waals surface area contributed by atoms with Gasteiger partial charge in [0.25, 0.3) is 5.91 Å². The number of ether oxygens (including phenoxy) is 1. The van der Waals surface area contributed by atoms with Gasteiger partial charge in [-0.05, 0) is 29.6 Å². The lowest BCUT2D eigenvalue weighted by Crippen LogP contribution is -2.37. The topological polar surface area (TPSA) is 29.5 Å². The molecule has 0 bridgehead atoms. The zero-order valence-electron chi connectivity index (χ0n) is 9.43. The SMILES string of the molecule is O=C(c1cccs1)N1CCOc2cc(Br)ccc21. The number of halogens is 1. The fraction of sp³-hybridized carbons (Fsp3) is 0.154. The summed E-state index contributed by atoms with van der Waals surface area (Å²) in [6.07, 6.45) is 0. The molecular weight excluding hydrogens is 314 g/mol. The summed E-state index contributed by atoms with van der Waals surface area (Å²) in [7, 11) is 0. The second kappa shape index (κ2) is 4.74. The molecule has 1 aliphatic heterocycles. The second-order valence-corrected chi connectivity index (χ2v) is 5.76. The largest absolute Gasteiger partial charge is 0.489 e. The van der Waals surface area contributed by atoms with Crippen LogP contribution in [0.5, 0.6) is 5.75 Å². The molecule has 0 N–H and O–H groups in total. The highest BCUT2D eigenvalue weighted by molar-refractivity contribution is 9.10. The van der Waals surface area contributed by atoms with Gasteiger partial charge in [0.05, 0.1) is 17.1 Å². The molecule has 0 fully saturated rings. The average Bonchev–Trinajstić information content (AvgIpc) is 2.90. The van der Waals surface area contributed by atoms with Gasteiger partial charge < -0.3 is 9.64 Å². The van der Waals surface area contributed by atoms with Crippen LogP contribution in [0.15, 0.2) is 40.2 Å². The smallest absolute Gasteiger partial charge is 0.268 e. The van der Waals surface area contributed by atoms with Crippen molar-refractivity contribution in [1.82, 2.24) is 0 Å². The zero-order valence-corrected chi connectivity index (χ0v) is 11.8. The van der Waals surface area contributed by atoms with Crippen LogP contribution in [0.3, 0.4) is 0 Å². The Balaban J connectivity index is 1.99. The fourth-order valence-corrected chi connectivity index (χ4v) is 2.95. The number of benzene rings is 1. The summed E-state index contributed by atoms with van der Waals surface area (Å²) in [5.74, 6) is 0.789. The summed E-state index contributed by atoms with van der Waals surface area (Å²) >= 11 is 4.87. The molecule has 0 saturated heterocycles. The van der Waals surface area contributed by atoms with Gasteiger partial charge in [-0.1, -0.05) is 22.0 Å². The van der Waals surface area contributed by atoms with Gasteiger partial charge in [0.2, 0.25) is 0 Å². The number of carbonyl (C=O) groups excluding carboxylic acids is 1. The third-order valence-electron chi connectivity index (χ3n) is 2.76. The van der Waals surface area contributed by atoms with E-state index in [9.17, 15) is 4.79 Å². The van der Waals surface area contributed by atoms with E-state index in [-0.39, 0.29) is 5.91 Å². The zero-order chi connectivity index (χ0) is 12.5. The maximum absolute atomic E-state index is 12.4. The highest BCUT2D eigenvalue weighted by atomic mass is 79.9. The number of nitrogens with zero attached hydrogens (tertiary/aromatic N) is 1. The van der Waals surface area contributed by atoms with Crippen molar-refractivity contribution in [3.05, 3.63) is 45.1 Å². The highest BCUT2D eigenvalue weighted by Crippen LogP contribution is 2.35. The first-order valence-electron chi connectivity index (χ1n) is 5.53. The minimum Gasteiger partial charge on any atom is -0.489 e. The highest BCUT2D eigenvalue weighted by Gasteiger charge is 2.25. The normalized spacial score (nSPS) is 13.9. The molecule has 0 radical (unpaired) electrons. The molecule has 5 heteroatoms. The van der Waals surface area contributed by atoms with Gasteiger partial charge >= 0.3 is 0 Å². The summed E-state index contributed by atoms with van der Waals surface area (Å²) in [5, 5.41) is 1.91. The predicted octanol–water partition coefficient (Wildman–Crippen LogP) is 3.55. The number of hydrogen-bond acceptors (Lipinski definition) is 3. The molecular formula is C13H10BrNO2S. The van der Waals surface area contributed by atoms with Crippen molar-refractivity contribution in [2.24, 2.45) is 0 Å². The number of anilines is 1. The number of carbonyl (C=O) groups is 1. The van der Waals surface area contributed by atoms with Gasteiger partial charge in [0, 0.05) is 4.47 Å². The van der Waals surface area contributed by atoms with Crippen LogP contribution in [0.2, 0.25) is 0 Å². The summed E-state index contributed by atoms with van der Waals surface area (Å²) in [6, 6.07) is 9.46. The van der Waals surface area contributed by atoms with Gasteiger partial charge in [-0.2, -0.15) is 0 Å². The molecule has 0 aliphatic carbocycles. The lowest BCUT2D eigenvalue weighted by molar-refractivity contribution is 0.0980. The first kappa shape index (κ1) is 11.7. The Labute approximate surface area is 117 Å². The van der Waals surface area contributed by atoms with Crippen LogP contribution in [0.1, 0.15) is 9.67 Å². The van der Waals surface area contributed by atoms with E-state index in [0.717, 1.165) is 20.8 Å². The van der Waals surface area contributed by atoms with Crippen molar-refractivity contribution in [1.29, 1.82) is 0 Å². The molecule has 0 spiro atoms. The lowest BCUT2D eigenvalue weighted by atomic mass is 10.2. The molecule has 3 nitrogen and oxygen atoms in total. The molecule has 1 aromatic carbocycles. The molecule has 18 heavy (non-hydrogen) atoms. The Kier molecular flexibility index (Phi) is 3.09. The maximum atomic E-state index is 12.4. The van der Waals surface area contributed by atoms with E-state index in [1.54, 1.807) is 4.90 Å². The van der Waals surface area contributed by atoms with Crippen molar-refractivity contribution in [3.8, 4) is 5.75 Å². The number of rotatable bonds is 1. The van der Waals surface area contributed by atoms with Gasteiger partial charge in [0.1, 0.15) is 12.4 Å². The number of amides is 1. The maximum Gasteiger partial charge on any atom is 0.268 e. The Morgan fingerprint density at radius 1 is 1.39 bits per heavy atom. The monoisotopic (exact) mass is 323 g/mol. The Morgan fingerprint density at radius 2 is 2.28 bits per heavy atom. The quantitative estimate of drug-likeness (QED) is 0.803. The van der Waals surface area contributed by atoms with Gasteiger partial charge in [0.15, 0.2) is 0 Å². The molecule has 1 aliphatic rings. The predicted molar refractivity (Wildman–Crippen MR) is 75.6 cm³/mol. The van der Waals surface area contributed by atoms with E-state index < -0.39 is 0 Å². The Hall–Kier alpha value is -1.33. The van der Waals surface area contributed by atoms with Crippen LogP contribution in [0.4, 0.5) is 5.69 Å². The van der Waals surface area contributed by atoms with E-state index in [1.165, 1.54) is 11.3 Å². The Bertz CT molecular complexity index is 583. The number of hydrogen-bond donors (Lipinski definition) is 0. The van der Waals surface area contributed by atoms with E-state index in [2.05, 4.69) is 15.9 Å². The summed E-state index contributed by atoms with van der Waals surface area (Å²) in [6.45, 7) is 1.12. The van der Waals surface area contributed by atoms with Crippen LogP contribution in [-0.4, -0.2) is 19.1 Å². The van der Waals surface area contributed by atoms with E-state index in [1.807, 2.05) is 35.7 Å². The summed E-state index contributed by atoms with van der Waals surface area (Å²) in [4.78, 5) is 14.9. The number of thiophene rings is 1. The fourth-order valence-electron chi connectivity index (χ4n) is 1.94. The van der Waals surface area contributed by atoms with Gasteiger partial charge in [-0.3, -0.25) is 4.79 Å². The van der Waals surface area contributed by atoms with E-state index in [0.29, 0.717) is 13.2 Å². The molecule has 1 amide bonds. The molecule has 0 saturated carbocycles. The van der Waals surface area contributed by atoms with Gasteiger partial charge in [-0.15, -0.1) is 11.3 Å². The molecule has 92 valence electrons. The van der Waals surface area contributed by atoms with Crippen LogP contribution >= 0.6 is 27.3 Å². The van der Waals surface area contributed by atoms with E-state index in [4.69, 9.17) is 4.74 Å². The molecule has 2 heterocycles. The first-order valence-corrected chi connectivity index (χ1v) is 7.21. The molecule has 3 rings (SSSR count). The van der Waals surface area contributed by atoms with Crippen molar-refractivity contribution in [2.45, 2.75) is 0 Å². The van der Waals surface area contributed by atoms with Crippen LogP contribution in [-0.2, 0) is 0 Å². The minimum absolute atomic E-state index is 0.0388. The molecule has 2 aromatic rings. The molecule has 1 aromatic heterocycles. The summed E-state index contributed by atoms with van der Waals surface area (Å²) < 4.78 is 6.53. The first-order chi connectivity index (χ1) is 8.75. The van der Waals surface area contributed by atoms with Crippen molar-refractivity contribution < 1.29 is 9.53 Å².